The number of rotatable bonds is 5. The standard InChI is InChI=1S/C11H16FNO/c1-13(8-11(12)9-14)7-10-5-3-2-4-6-10/h2-6,11,14H,7-9H2,1H3. The van der Waals surface area contributed by atoms with Crippen molar-refractivity contribution in [2.45, 2.75) is 12.7 Å². The van der Waals surface area contributed by atoms with Crippen molar-refractivity contribution in [2.75, 3.05) is 20.2 Å². The fraction of sp³-hybridized carbons (Fsp3) is 0.455. The van der Waals surface area contributed by atoms with E-state index >= 15 is 0 Å². The van der Waals surface area contributed by atoms with E-state index < -0.39 is 12.8 Å². The van der Waals surface area contributed by atoms with Crippen molar-refractivity contribution in [3.05, 3.63) is 35.9 Å². The van der Waals surface area contributed by atoms with Gasteiger partial charge in [-0.05, 0) is 12.6 Å². The Labute approximate surface area is 84.0 Å². The Balaban J connectivity index is 2.37. The molecule has 0 amide bonds. The van der Waals surface area contributed by atoms with E-state index in [1.807, 2.05) is 42.3 Å². The number of aliphatic hydroxyl groups excluding tert-OH is 1. The van der Waals surface area contributed by atoms with Gasteiger partial charge in [0.1, 0.15) is 6.17 Å². The molecule has 0 bridgehead atoms. The summed E-state index contributed by atoms with van der Waals surface area (Å²) in [7, 11) is 1.84. The molecule has 0 aliphatic rings. The average molecular weight is 197 g/mol. The van der Waals surface area contributed by atoms with Gasteiger partial charge < -0.3 is 5.11 Å². The van der Waals surface area contributed by atoms with Gasteiger partial charge in [-0.3, -0.25) is 4.90 Å². The van der Waals surface area contributed by atoms with Gasteiger partial charge >= 0.3 is 0 Å². The Morgan fingerprint density at radius 1 is 1.36 bits per heavy atom. The van der Waals surface area contributed by atoms with Crippen LogP contribution in [-0.4, -0.2) is 36.4 Å². The summed E-state index contributed by atoms with van der Waals surface area (Å²) in [6.07, 6.45) is -1.15. The Kier molecular flexibility index (Phi) is 4.56. The number of aliphatic hydroxyl groups is 1. The molecule has 0 radical (unpaired) electrons. The fourth-order valence-electron chi connectivity index (χ4n) is 1.36. The summed E-state index contributed by atoms with van der Waals surface area (Å²) in [6, 6.07) is 9.88. The van der Waals surface area contributed by atoms with Crippen LogP contribution in [0.3, 0.4) is 0 Å². The van der Waals surface area contributed by atoms with Crippen LogP contribution < -0.4 is 0 Å². The maximum absolute atomic E-state index is 12.8. The smallest absolute Gasteiger partial charge is 0.136 e. The zero-order valence-electron chi connectivity index (χ0n) is 8.36. The molecule has 0 aromatic heterocycles. The highest BCUT2D eigenvalue weighted by Crippen LogP contribution is 2.03. The van der Waals surface area contributed by atoms with Crippen molar-refractivity contribution < 1.29 is 9.50 Å². The van der Waals surface area contributed by atoms with Gasteiger partial charge in [-0.2, -0.15) is 0 Å². The molecule has 3 heteroatoms. The molecule has 0 aliphatic heterocycles. The zero-order valence-corrected chi connectivity index (χ0v) is 8.36. The van der Waals surface area contributed by atoms with Crippen LogP contribution in [0.25, 0.3) is 0 Å². The second-order valence-corrected chi connectivity index (χ2v) is 3.46. The first-order valence-electron chi connectivity index (χ1n) is 4.69. The van der Waals surface area contributed by atoms with Crippen LogP contribution in [0.1, 0.15) is 5.56 Å². The first-order chi connectivity index (χ1) is 6.72. The van der Waals surface area contributed by atoms with Crippen molar-refractivity contribution >= 4 is 0 Å². The molecular formula is C11H16FNO. The minimum atomic E-state index is -1.15. The lowest BCUT2D eigenvalue weighted by Gasteiger charge is -2.17. The van der Waals surface area contributed by atoms with Crippen LogP contribution in [0.15, 0.2) is 30.3 Å². The second-order valence-electron chi connectivity index (χ2n) is 3.46. The molecule has 1 N–H and O–H groups in total. The minimum absolute atomic E-state index is 0.269. The highest BCUT2D eigenvalue weighted by molar-refractivity contribution is 5.14. The van der Waals surface area contributed by atoms with Gasteiger partial charge in [0.05, 0.1) is 6.61 Å². The maximum Gasteiger partial charge on any atom is 0.136 e. The number of alkyl halides is 1. The lowest BCUT2D eigenvalue weighted by atomic mass is 10.2. The van der Waals surface area contributed by atoms with Crippen LogP contribution in [-0.2, 0) is 6.54 Å². The van der Waals surface area contributed by atoms with Crippen LogP contribution in [0.5, 0.6) is 0 Å². The maximum atomic E-state index is 12.8. The van der Waals surface area contributed by atoms with Gasteiger partial charge in [0.2, 0.25) is 0 Å². The van der Waals surface area contributed by atoms with Crippen LogP contribution in [0.2, 0.25) is 0 Å². The summed E-state index contributed by atoms with van der Waals surface area (Å²) in [5.74, 6) is 0. The SMILES string of the molecule is CN(Cc1ccccc1)CC(F)CO. The molecule has 0 fully saturated rings. The lowest BCUT2D eigenvalue weighted by Crippen LogP contribution is -2.28. The van der Waals surface area contributed by atoms with Gasteiger partial charge in [-0.1, -0.05) is 30.3 Å². The van der Waals surface area contributed by atoms with E-state index in [4.69, 9.17) is 5.11 Å². The zero-order chi connectivity index (χ0) is 10.4. The molecule has 14 heavy (non-hydrogen) atoms. The van der Waals surface area contributed by atoms with Crippen molar-refractivity contribution in [3.8, 4) is 0 Å². The van der Waals surface area contributed by atoms with E-state index in [0.29, 0.717) is 6.54 Å². The third-order valence-electron chi connectivity index (χ3n) is 2.00. The monoisotopic (exact) mass is 197 g/mol. The Morgan fingerprint density at radius 3 is 2.57 bits per heavy atom. The van der Waals surface area contributed by atoms with Crippen molar-refractivity contribution in [1.82, 2.24) is 4.90 Å². The number of benzene rings is 1. The largest absolute Gasteiger partial charge is 0.393 e. The molecule has 0 spiro atoms. The van der Waals surface area contributed by atoms with Crippen LogP contribution in [0, 0.1) is 0 Å². The molecule has 1 unspecified atom stereocenters. The van der Waals surface area contributed by atoms with Crippen molar-refractivity contribution in [3.63, 3.8) is 0 Å². The molecule has 0 aliphatic carbocycles. The van der Waals surface area contributed by atoms with E-state index in [-0.39, 0.29) is 6.54 Å². The van der Waals surface area contributed by atoms with Gasteiger partial charge in [0.25, 0.3) is 0 Å². The number of hydrogen-bond acceptors (Lipinski definition) is 2. The van der Waals surface area contributed by atoms with Gasteiger partial charge in [-0.15, -0.1) is 0 Å². The van der Waals surface area contributed by atoms with E-state index in [2.05, 4.69) is 0 Å². The molecular weight excluding hydrogens is 181 g/mol. The third-order valence-corrected chi connectivity index (χ3v) is 2.00. The highest BCUT2D eigenvalue weighted by atomic mass is 19.1. The Morgan fingerprint density at radius 2 is 2.00 bits per heavy atom. The van der Waals surface area contributed by atoms with Gasteiger partial charge in [0, 0.05) is 13.1 Å². The molecule has 0 heterocycles. The summed E-state index contributed by atoms with van der Waals surface area (Å²) in [5.41, 5.74) is 1.15. The fourth-order valence-corrected chi connectivity index (χ4v) is 1.36. The molecule has 0 saturated heterocycles. The summed E-state index contributed by atoms with van der Waals surface area (Å²) in [5, 5.41) is 8.55. The first-order valence-corrected chi connectivity index (χ1v) is 4.69. The van der Waals surface area contributed by atoms with Crippen molar-refractivity contribution in [1.29, 1.82) is 0 Å². The average Bonchev–Trinajstić information content (AvgIpc) is 2.19. The van der Waals surface area contributed by atoms with Crippen LogP contribution >= 0.6 is 0 Å². The van der Waals surface area contributed by atoms with Gasteiger partial charge in [0.15, 0.2) is 0 Å². The Bertz CT molecular complexity index is 253. The summed E-state index contributed by atoms with van der Waals surface area (Å²) in [6.45, 7) is 0.575. The molecule has 1 rings (SSSR count). The molecule has 1 aromatic rings. The normalized spacial score (nSPS) is 13.1. The lowest BCUT2D eigenvalue weighted by molar-refractivity contribution is 0.136. The van der Waals surface area contributed by atoms with Crippen molar-refractivity contribution in [2.24, 2.45) is 0 Å². The molecule has 1 atom stereocenters. The minimum Gasteiger partial charge on any atom is -0.393 e. The Hall–Kier alpha value is -0.930. The molecule has 1 aromatic carbocycles. The van der Waals surface area contributed by atoms with Gasteiger partial charge in [-0.25, -0.2) is 4.39 Å². The first kappa shape index (κ1) is 11.1. The summed E-state index contributed by atoms with van der Waals surface area (Å²) in [4.78, 5) is 1.86. The second kappa shape index (κ2) is 5.73. The van der Waals surface area contributed by atoms with Crippen LogP contribution in [0.4, 0.5) is 4.39 Å². The van der Waals surface area contributed by atoms with E-state index in [0.717, 1.165) is 5.56 Å². The highest BCUT2D eigenvalue weighted by Gasteiger charge is 2.08. The molecule has 0 saturated carbocycles. The number of halogens is 1. The topological polar surface area (TPSA) is 23.5 Å². The molecule has 2 nitrogen and oxygen atoms in total. The summed E-state index contributed by atoms with van der Waals surface area (Å²) < 4.78 is 12.8. The predicted molar refractivity (Wildman–Crippen MR) is 54.8 cm³/mol. The summed E-state index contributed by atoms with van der Waals surface area (Å²) >= 11 is 0. The quantitative estimate of drug-likeness (QED) is 0.772. The molecule has 78 valence electrons. The third kappa shape index (κ3) is 3.85. The number of nitrogens with zero attached hydrogens (tertiary/aromatic N) is 1. The number of hydrogen-bond donors (Lipinski definition) is 1. The van der Waals surface area contributed by atoms with E-state index in [1.54, 1.807) is 0 Å². The predicted octanol–water partition coefficient (Wildman–Crippen LogP) is 1.45. The van der Waals surface area contributed by atoms with E-state index in [1.165, 1.54) is 0 Å². The van der Waals surface area contributed by atoms with E-state index in [9.17, 15) is 4.39 Å².